The molecule has 120 valence electrons. The SMILES string of the molecule is CCCCc1ccccc1NS(=O)(=O)c1c(C)nn(C)c1C. The largest absolute Gasteiger partial charge is 0.279 e. The zero-order valence-corrected chi connectivity index (χ0v) is 14.4. The Bertz CT molecular complexity index is 764. The molecule has 6 heteroatoms. The minimum Gasteiger partial charge on any atom is -0.279 e. The Morgan fingerprint density at radius 2 is 1.91 bits per heavy atom. The Morgan fingerprint density at radius 3 is 2.50 bits per heavy atom. The van der Waals surface area contributed by atoms with Gasteiger partial charge >= 0.3 is 0 Å². The molecule has 0 unspecified atom stereocenters. The first kappa shape index (κ1) is 16.5. The van der Waals surface area contributed by atoms with Crippen molar-refractivity contribution in [3.63, 3.8) is 0 Å². The van der Waals surface area contributed by atoms with Crippen LogP contribution in [0.3, 0.4) is 0 Å². The van der Waals surface area contributed by atoms with E-state index < -0.39 is 10.0 Å². The number of nitrogens with one attached hydrogen (secondary N) is 1. The smallest absolute Gasteiger partial charge is 0.265 e. The highest BCUT2D eigenvalue weighted by Gasteiger charge is 2.24. The predicted molar refractivity (Wildman–Crippen MR) is 88.5 cm³/mol. The number of anilines is 1. The minimum atomic E-state index is -3.63. The molecular formula is C16H23N3O2S. The molecule has 0 amide bonds. The Hall–Kier alpha value is -1.82. The van der Waals surface area contributed by atoms with Crippen molar-refractivity contribution in [2.75, 3.05) is 4.72 Å². The number of unbranched alkanes of at least 4 members (excludes halogenated alkanes) is 1. The van der Waals surface area contributed by atoms with Crippen molar-refractivity contribution in [2.24, 2.45) is 7.05 Å². The molecule has 0 aliphatic carbocycles. The number of benzene rings is 1. The normalized spacial score (nSPS) is 11.6. The maximum absolute atomic E-state index is 12.7. The van der Waals surface area contributed by atoms with E-state index in [1.165, 1.54) is 0 Å². The summed E-state index contributed by atoms with van der Waals surface area (Å²) in [6.07, 6.45) is 2.96. The molecule has 0 aliphatic rings. The number of nitrogens with zero attached hydrogens (tertiary/aromatic N) is 2. The van der Waals surface area contributed by atoms with Crippen molar-refractivity contribution >= 4 is 15.7 Å². The molecule has 0 spiro atoms. The molecular weight excluding hydrogens is 298 g/mol. The number of sulfonamides is 1. The predicted octanol–water partition coefficient (Wildman–Crippen LogP) is 3.18. The lowest BCUT2D eigenvalue weighted by atomic mass is 10.1. The second kappa shape index (κ2) is 6.52. The summed E-state index contributed by atoms with van der Waals surface area (Å²) in [5.74, 6) is 0. The van der Waals surface area contributed by atoms with Gasteiger partial charge in [-0.1, -0.05) is 31.5 Å². The van der Waals surface area contributed by atoms with Crippen LogP contribution in [0.15, 0.2) is 29.2 Å². The van der Waals surface area contributed by atoms with E-state index in [0.29, 0.717) is 17.1 Å². The lowest BCUT2D eigenvalue weighted by Crippen LogP contribution is -2.16. The standard InChI is InChI=1S/C16H23N3O2S/c1-5-6-9-14-10-7-8-11-15(14)18-22(20,21)16-12(2)17-19(4)13(16)3/h7-8,10-11,18H,5-6,9H2,1-4H3. The first-order valence-corrected chi connectivity index (χ1v) is 8.96. The van der Waals surface area contributed by atoms with Crippen molar-refractivity contribution in [2.45, 2.75) is 44.9 Å². The van der Waals surface area contributed by atoms with Crippen LogP contribution in [0, 0.1) is 13.8 Å². The quantitative estimate of drug-likeness (QED) is 0.888. The van der Waals surface area contributed by atoms with Gasteiger partial charge in [-0.15, -0.1) is 0 Å². The van der Waals surface area contributed by atoms with E-state index in [1.807, 2.05) is 24.3 Å². The molecule has 1 aromatic heterocycles. The molecule has 0 fully saturated rings. The zero-order valence-electron chi connectivity index (χ0n) is 13.5. The van der Waals surface area contributed by atoms with Crippen LogP contribution in [0.5, 0.6) is 0 Å². The molecule has 1 aromatic carbocycles. The van der Waals surface area contributed by atoms with Gasteiger partial charge in [0.1, 0.15) is 4.90 Å². The van der Waals surface area contributed by atoms with Crippen molar-refractivity contribution < 1.29 is 8.42 Å². The van der Waals surface area contributed by atoms with Crippen molar-refractivity contribution in [3.8, 4) is 0 Å². The molecule has 1 N–H and O–H groups in total. The molecule has 0 aliphatic heterocycles. The Morgan fingerprint density at radius 1 is 1.23 bits per heavy atom. The van der Waals surface area contributed by atoms with Crippen LogP contribution in [0.25, 0.3) is 0 Å². The number of hydrogen-bond acceptors (Lipinski definition) is 3. The van der Waals surface area contributed by atoms with Crippen LogP contribution in [0.2, 0.25) is 0 Å². The van der Waals surface area contributed by atoms with Gasteiger partial charge in [-0.2, -0.15) is 5.10 Å². The van der Waals surface area contributed by atoms with Gasteiger partial charge in [-0.05, 0) is 38.3 Å². The van der Waals surface area contributed by atoms with E-state index in [0.717, 1.165) is 24.8 Å². The van der Waals surface area contributed by atoms with E-state index >= 15 is 0 Å². The second-order valence-electron chi connectivity index (χ2n) is 5.49. The molecule has 1 heterocycles. The lowest BCUT2D eigenvalue weighted by Gasteiger charge is -2.12. The molecule has 0 bridgehead atoms. The third-order valence-corrected chi connectivity index (χ3v) is 5.39. The first-order valence-electron chi connectivity index (χ1n) is 7.47. The number of para-hydroxylation sites is 1. The average Bonchev–Trinajstić information content (AvgIpc) is 2.71. The van der Waals surface area contributed by atoms with Gasteiger partial charge in [-0.3, -0.25) is 9.40 Å². The van der Waals surface area contributed by atoms with Gasteiger partial charge in [0.2, 0.25) is 0 Å². The molecule has 0 saturated heterocycles. The van der Waals surface area contributed by atoms with Crippen LogP contribution in [0.4, 0.5) is 5.69 Å². The number of hydrogen-bond donors (Lipinski definition) is 1. The van der Waals surface area contributed by atoms with E-state index in [9.17, 15) is 8.42 Å². The minimum absolute atomic E-state index is 0.264. The fourth-order valence-electron chi connectivity index (χ4n) is 2.54. The van der Waals surface area contributed by atoms with E-state index in [-0.39, 0.29) is 4.90 Å². The van der Waals surface area contributed by atoms with Gasteiger partial charge < -0.3 is 0 Å². The van der Waals surface area contributed by atoms with Crippen LogP contribution in [-0.2, 0) is 23.5 Å². The summed E-state index contributed by atoms with van der Waals surface area (Å²) in [6.45, 7) is 5.59. The molecule has 5 nitrogen and oxygen atoms in total. The van der Waals surface area contributed by atoms with Crippen LogP contribution >= 0.6 is 0 Å². The zero-order chi connectivity index (χ0) is 16.3. The lowest BCUT2D eigenvalue weighted by molar-refractivity contribution is 0.599. The summed E-state index contributed by atoms with van der Waals surface area (Å²) in [7, 11) is -1.89. The van der Waals surface area contributed by atoms with Gasteiger partial charge in [0.05, 0.1) is 17.1 Å². The summed E-state index contributed by atoms with van der Waals surface area (Å²) in [6, 6.07) is 7.56. The van der Waals surface area contributed by atoms with Crippen LogP contribution in [0.1, 0.15) is 36.7 Å². The summed E-state index contributed by atoms with van der Waals surface area (Å²) < 4.78 is 29.8. The Balaban J connectivity index is 2.37. The van der Waals surface area contributed by atoms with Crippen LogP contribution < -0.4 is 4.72 Å². The monoisotopic (exact) mass is 321 g/mol. The number of rotatable bonds is 6. The maximum atomic E-state index is 12.7. The molecule has 2 aromatic rings. The first-order chi connectivity index (χ1) is 10.4. The molecule has 0 atom stereocenters. The number of aryl methyl sites for hydroxylation is 3. The highest BCUT2D eigenvalue weighted by molar-refractivity contribution is 7.92. The molecule has 0 saturated carbocycles. The molecule has 22 heavy (non-hydrogen) atoms. The van der Waals surface area contributed by atoms with E-state index in [2.05, 4.69) is 16.7 Å². The topological polar surface area (TPSA) is 64.0 Å². The fraction of sp³-hybridized carbons (Fsp3) is 0.438. The van der Waals surface area contributed by atoms with Crippen molar-refractivity contribution in [3.05, 3.63) is 41.2 Å². The third-order valence-electron chi connectivity index (χ3n) is 3.77. The Labute approximate surface area is 132 Å². The van der Waals surface area contributed by atoms with Gasteiger partial charge in [-0.25, -0.2) is 8.42 Å². The molecule has 0 radical (unpaired) electrons. The summed E-state index contributed by atoms with van der Waals surface area (Å²) >= 11 is 0. The van der Waals surface area contributed by atoms with Gasteiger partial charge in [0.15, 0.2) is 0 Å². The second-order valence-corrected chi connectivity index (χ2v) is 7.11. The van der Waals surface area contributed by atoms with Gasteiger partial charge in [0.25, 0.3) is 10.0 Å². The summed E-state index contributed by atoms with van der Waals surface area (Å²) in [4.78, 5) is 0.264. The van der Waals surface area contributed by atoms with E-state index in [1.54, 1.807) is 25.6 Å². The number of aromatic nitrogens is 2. The van der Waals surface area contributed by atoms with Crippen molar-refractivity contribution in [1.29, 1.82) is 0 Å². The summed E-state index contributed by atoms with van der Waals surface area (Å²) in [5.41, 5.74) is 2.82. The molecule has 2 rings (SSSR count). The van der Waals surface area contributed by atoms with Crippen LogP contribution in [-0.4, -0.2) is 18.2 Å². The fourth-order valence-corrected chi connectivity index (χ4v) is 4.09. The highest BCUT2D eigenvalue weighted by Crippen LogP contribution is 2.25. The average molecular weight is 321 g/mol. The van der Waals surface area contributed by atoms with Gasteiger partial charge in [0, 0.05) is 7.05 Å². The highest BCUT2D eigenvalue weighted by atomic mass is 32.2. The third kappa shape index (κ3) is 3.32. The Kier molecular flexibility index (Phi) is 4.90. The summed E-state index contributed by atoms with van der Waals surface area (Å²) in [5, 5.41) is 4.19. The van der Waals surface area contributed by atoms with E-state index in [4.69, 9.17) is 0 Å². The maximum Gasteiger partial charge on any atom is 0.265 e. The van der Waals surface area contributed by atoms with Crippen molar-refractivity contribution in [1.82, 2.24) is 9.78 Å².